The van der Waals surface area contributed by atoms with Crippen molar-refractivity contribution in [2.45, 2.75) is 63.6 Å². The first kappa shape index (κ1) is 17.4. The molecule has 4 rings (SSSR count). The Morgan fingerprint density at radius 3 is 2.81 bits per heavy atom. The summed E-state index contributed by atoms with van der Waals surface area (Å²) in [5.74, 6) is -0.310. The quantitative estimate of drug-likeness (QED) is 0.618. The minimum Gasteiger partial charge on any atom is -0.337 e. The van der Waals surface area contributed by atoms with Crippen LogP contribution in [-0.2, 0) is 17.8 Å². The zero-order valence-electron chi connectivity index (χ0n) is 15.2. The fourth-order valence-electron chi connectivity index (χ4n) is 4.96. The molecule has 3 aliphatic rings. The first-order valence-electron chi connectivity index (χ1n) is 9.47. The summed E-state index contributed by atoms with van der Waals surface area (Å²) in [5.41, 5.74) is 4.24. The van der Waals surface area contributed by atoms with E-state index in [1.54, 1.807) is 12.4 Å². The molecule has 26 heavy (non-hydrogen) atoms. The van der Waals surface area contributed by atoms with E-state index in [4.69, 9.17) is 5.21 Å². The minimum absolute atomic E-state index is 0.0888. The maximum Gasteiger partial charge on any atom is 0.276 e. The van der Waals surface area contributed by atoms with Gasteiger partial charge < -0.3 is 4.90 Å². The first-order valence-corrected chi connectivity index (χ1v) is 9.47. The molecule has 1 aromatic rings. The van der Waals surface area contributed by atoms with Crippen LogP contribution in [0.25, 0.3) is 0 Å². The second kappa shape index (κ2) is 6.63. The molecule has 1 saturated carbocycles. The number of carbonyl (C=O) groups excluding carboxylic acids is 2. The van der Waals surface area contributed by atoms with Gasteiger partial charge in [-0.1, -0.05) is 0 Å². The van der Waals surface area contributed by atoms with Crippen LogP contribution in [0.1, 0.15) is 60.6 Å². The van der Waals surface area contributed by atoms with Crippen molar-refractivity contribution in [3.63, 3.8) is 0 Å². The number of piperidine rings is 1. The third-order valence-electron chi connectivity index (χ3n) is 6.50. The number of carbonyl (C=O) groups is 2. The van der Waals surface area contributed by atoms with E-state index in [-0.39, 0.29) is 11.4 Å². The first-order chi connectivity index (χ1) is 12.5. The smallest absolute Gasteiger partial charge is 0.276 e. The van der Waals surface area contributed by atoms with Crippen LogP contribution >= 0.6 is 0 Å². The molecule has 3 heterocycles. The monoisotopic (exact) mass is 358 g/mol. The van der Waals surface area contributed by atoms with E-state index in [0.717, 1.165) is 63.0 Å². The van der Waals surface area contributed by atoms with Gasteiger partial charge in [0.15, 0.2) is 0 Å². The van der Waals surface area contributed by atoms with Crippen LogP contribution in [0.3, 0.4) is 0 Å². The lowest BCUT2D eigenvalue weighted by molar-refractivity contribution is -0.145. The number of aromatic nitrogens is 1. The molecule has 0 unspecified atom stereocenters. The average molecular weight is 358 g/mol. The highest BCUT2D eigenvalue weighted by atomic mass is 16.5. The Morgan fingerprint density at radius 2 is 2.15 bits per heavy atom. The van der Waals surface area contributed by atoms with Crippen molar-refractivity contribution < 1.29 is 14.8 Å². The van der Waals surface area contributed by atoms with Gasteiger partial charge in [0, 0.05) is 44.3 Å². The Bertz CT molecular complexity index is 731. The lowest BCUT2D eigenvalue weighted by Crippen LogP contribution is -2.63. The second-order valence-corrected chi connectivity index (χ2v) is 7.89. The summed E-state index contributed by atoms with van der Waals surface area (Å²) in [7, 11) is 0. The molecule has 2 fully saturated rings. The molecular formula is C19H26N4O3. The number of hydroxylamine groups is 1. The van der Waals surface area contributed by atoms with Gasteiger partial charge in [0.25, 0.3) is 5.91 Å². The number of hydrogen-bond donors (Lipinski definition) is 2. The van der Waals surface area contributed by atoms with E-state index < -0.39 is 5.91 Å². The number of nitrogens with one attached hydrogen (secondary N) is 1. The van der Waals surface area contributed by atoms with Gasteiger partial charge in [0.1, 0.15) is 0 Å². The lowest BCUT2D eigenvalue weighted by Gasteiger charge is -2.56. The third-order valence-corrected chi connectivity index (χ3v) is 6.50. The molecular weight excluding hydrogens is 332 g/mol. The van der Waals surface area contributed by atoms with Crippen LogP contribution in [0.15, 0.2) is 12.3 Å². The summed E-state index contributed by atoms with van der Waals surface area (Å²) in [6.45, 7) is 4.28. The molecule has 1 atom stereocenters. The number of nitrogens with zero attached hydrogens (tertiary/aromatic N) is 3. The summed E-state index contributed by atoms with van der Waals surface area (Å²) >= 11 is 0. The minimum atomic E-state index is -0.522. The van der Waals surface area contributed by atoms with Gasteiger partial charge in [-0.15, -0.1) is 0 Å². The SMILES string of the molecule is CC(=O)N1CC[C@@H](N2CCc3cc(C(=O)NO)cnc3C2)CC12CCC2. The zero-order valence-corrected chi connectivity index (χ0v) is 15.2. The van der Waals surface area contributed by atoms with Crippen LogP contribution in [0.4, 0.5) is 0 Å². The molecule has 1 aliphatic carbocycles. The van der Waals surface area contributed by atoms with Gasteiger partial charge in [0.05, 0.1) is 11.3 Å². The van der Waals surface area contributed by atoms with Gasteiger partial charge in [-0.3, -0.25) is 24.7 Å². The van der Waals surface area contributed by atoms with Gasteiger partial charge in [0.2, 0.25) is 5.91 Å². The summed E-state index contributed by atoms with van der Waals surface area (Å²) in [6, 6.07) is 2.32. The van der Waals surface area contributed by atoms with E-state index in [1.165, 1.54) is 12.6 Å². The zero-order chi connectivity index (χ0) is 18.3. The Hall–Kier alpha value is -1.99. The predicted molar refractivity (Wildman–Crippen MR) is 94.6 cm³/mol. The van der Waals surface area contributed by atoms with Crippen molar-refractivity contribution in [1.29, 1.82) is 0 Å². The summed E-state index contributed by atoms with van der Waals surface area (Å²) in [5, 5.41) is 8.78. The standard InChI is InChI=1S/C19H26N4O3/c1-13(24)23-8-4-16(10-19(23)5-2-6-19)22-7-3-14-9-15(18(25)21-26)11-20-17(14)12-22/h9,11,16,26H,2-8,10,12H2,1H3,(H,21,25)/t16-/m1/s1. The number of fused-ring (bicyclic) bond motifs is 1. The average Bonchev–Trinajstić information content (AvgIpc) is 2.64. The number of rotatable bonds is 2. The van der Waals surface area contributed by atoms with E-state index in [2.05, 4.69) is 14.8 Å². The largest absolute Gasteiger partial charge is 0.337 e. The summed E-state index contributed by atoms with van der Waals surface area (Å²) < 4.78 is 0. The lowest BCUT2D eigenvalue weighted by atomic mass is 9.68. The highest BCUT2D eigenvalue weighted by Gasteiger charge is 2.48. The number of amides is 2. The molecule has 2 N–H and O–H groups in total. The molecule has 140 valence electrons. The predicted octanol–water partition coefficient (Wildman–Crippen LogP) is 1.49. The molecule has 0 bridgehead atoms. The van der Waals surface area contributed by atoms with Crippen molar-refractivity contribution in [3.8, 4) is 0 Å². The van der Waals surface area contributed by atoms with E-state index in [0.29, 0.717) is 11.6 Å². The maximum absolute atomic E-state index is 12.0. The number of pyridine rings is 1. The number of hydrogen-bond acceptors (Lipinski definition) is 5. The van der Waals surface area contributed by atoms with Gasteiger partial charge >= 0.3 is 0 Å². The highest BCUT2D eigenvalue weighted by molar-refractivity contribution is 5.93. The van der Waals surface area contributed by atoms with Crippen molar-refractivity contribution in [2.24, 2.45) is 0 Å². The second-order valence-electron chi connectivity index (χ2n) is 7.89. The van der Waals surface area contributed by atoms with Gasteiger partial charge in [-0.25, -0.2) is 5.48 Å². The number of likely N-dealkylation sites (tertiary alicyclic amines) is 1. The van der Waals surface area contributed by atoms with E-state index in [9.17, 15) is 9.59 Å². The van der Waals surface area contributed by atoms with Crippen LogP contribution in [0.5, 0.6) is 0 Å². The van der Waals surface area contributed by atoms with Crippen LogP contribution in [0.2, 0.25) is 0 Å². The van der Waals surface area contributed by atoms with Crippen molar-refractivity contribution in [1.82, 2.24) is 20.3 Å². The Morgan fingerprint density at radius 1 is 1.35 bits per heavy atom. The molecule has 7 heteroatoms. The van der Waals surface area contributed by atoms with Gasteiger partial charge in [-0.2, -0.15) is 0 Å². The topological polar surface area (TPSA) is 85.8 Å². The molecule has 0 radical (unpaired) electrons. The van der Waals surface area contributed by atoms with E-state index >= 15 is 0 Å². The molecule has 1 aromatic heterocycles. The third kappa shape index (κ3) is 2.89. The maximum atomic E-state index is 12.0. The molecule has 1 spiro atoms. The highest BCUT2D eigenvalue weighted by Crippen LogP contribution is 2.45. The molecule has 1 saturated heterocycles. The fraction of sp³-hybridized carbons (Fsp3) is 0.632. The van der Waals surface area contributed by atoms with Crippen LogP contribution in [-0.4, -0.2) is 56.5 Å². The van der Waals surface area contributed by atoms with Gasteiger partial charge in [-0.05, 0) is 50.2 Å². The molecule has 2 aliphatic heterocycles. The van der Waals surface area contributed by atoms with Crippen molar-refractivity contribution >= 4 is 11.8 Å². The summed E-state index contributed by atoms with van der Waals surface area (Å²) in [4.78, 5) is 32.7. The normalized spacial score (nSPS) is 24.7. The molecule has 2 amide bonds. The van der Waals surface area contributed by atoms with Crippen molar-refractivity contribution in [2.75, 3.05) is 13.1 Å². The molecule has 0 aromatic carbocycles. The Labute approximate surface area is 153 Å². The van der Waals surface area contributed by atoms with Crippen molar-refractivity contribution in [3.05, 3.63) is 29.1 Å². The van der Waals surface area contributed by atoms with Crippen LogP contribution in [0, 0.1) is 0 Å². The summed E-state index contributed by atoms with van der Waals surface area (Å²) in [6.07, 6.45) is 7.94. The van der Waals surface area contributed by atoms with Crippen LogP contribution < -0.4 is 5.48 Å². The molecule has 7 nitrogen and oxygen atoms in total. The van der Waals surface area contributed by atoms with E-state index in [1.807, 2.05) is 6.07 Å². The Kier molecular flexibility index (Phi) is 4.44. The fourth-order valence-corrected chi connectivity index (χ4v) is 4.96. The Balaban J connectivity index is 1.47.